The van der Waals surface area contributed by atoms with Gasteiger partial charge in [-0.1, -0.05) is 42.9 Å². The number of methoxy groups -OCH3 is 1. The minimum Gasteiger partial charge on any atom is -0.478 e. The summed E-state index contributed by atoms with van der Waals surface area (Å²) in [4.78, 5) is 19.1. The van der Waals surface area contributed by atoms with Gasteiger partial charge in [0.05, 0.1) is 7.11 Å². The van der Waals surface area contributed by atoms with Crippen LogP contribution in [0.25, 0.3) is 0 Å². The fourth-order valence-electron chi connectivity index (χ4n) is 0.0833. The number of carbonyl (C=O) groups excluding carboxylic acids is 1. The molecule has 1 N–H and O–H groups in total. The van der Waals surface area contributed by atoms with E-state index in [-0.39, 0.29) is 29.7 Å². The van der Waals surface area contributed by atoms with Crippen LogP contribution in [0.1, 0.15) is 29.7 Å². The Morgan fingerprint density at radius 1 is 1.07 bits per heavy atom. The molecule has 0 fully saturated rings. The lowest BCUT2D eigenvalue weighted by Gasteiger charge is -1.83. The van der Waals surface area contributed by atoms with Crippen LogP contribution < -0.4 is 0 Å². The first-order valence-corrected chi connectivity index (χ1v) is 2.64. The number of hydrogen-bond acceptors (Lipinski definition) is 3. The van der Waals surface area contributed by atoms with E-state index in [0.29, 0.717) is 0 Å². The van der Waals surface area contributed by atoms with Gasteiger partial charge < -0.3 is 9.84 Å². The summed E-state index contributed by atoms with van der Waals surface area (Å²) >= 11 is 0. The second-order valence-electron chi connectivity index (χ2n) is 1.27. The van der Waals surface area contributed by atoms with Crippen LogP contribution in [-0.4, -0.2) is 24.2 Å². The van der Waals surface area contributed by atoms with Crippen molar-refractivity contribution in [2.75, 3.05) is 7.11 Å². The average molecular weight is 222 g/mol. The van der Waals surface area contributed by atoms with Crippen LogP contribution in [0, 0.1) is 0 Å². The van der Waals surface area contributed by atoms with Crippen LogP contribution in [0.3, 0.4) is 0 Å². The van der Waals surface area contributed by atoms with Crippen LogP contribution in [0.2, 0.25) is 0 Å². The van der Waals surface area contributed by atoms with Crippen molar-refractivity contribution in [3.63, 3.8) is 0 Å². The molecule has 0 aromatic carbocycles. The molecule has 94 valence electrons. The molecule has 0 saturated heterocycles. The smallest absolute Gasteiger partial charge is 0.329 e. The zero-order valence-corrected chi connectivity index (χ0v) is 6.24. The first-order chi connectivity index (χ1) is 5.08. The molecule has 4 nitrogen and oxygen atoms in total. The van der Waals surface area contributed by atoms with Gasteiger partial charge in [-0.15, -0.1) is 0 Å². The predicted octanol–water partition coefficient (Wildman–Crippen LogP) is 3.15. The fourth-order valence-corrected chi connectivity index (χ4v) is 0.0833. The molecular formula is C11H26O4. The lowest BCUT2D eigenvalue weighted by Crippen LogP contribution is -1.91. The summed E-state index contributed by atoms with van der Waals surface area (Å²) in [6.45, 7) is 6.12. The van der Waals surface area contributed by atoms with Crippen molar-refractivity contribution >= 4 is 11.9 Å². The van der Waals surface area contributed by atoms with Gasteiger partial charge in [0.2, 0.25) is 0 Å². The second-order valence-corrected chi connectivity index (χ2v) is 1.27. The summed E-state index contributed by atoms with van der Waals surface area (Å²) in [6.07, 6.45) is 1.94. The maximum absolute atomic E-state index is 9.84. The van der Waals surface area contributed by atoms with Gasteiger partial charge in [0.1, 0.15) is 0 Å². The Bertz CT molecular complexity index is 162. The number of carboxylic acid groups (broad SMARTS) is 1. The molecule has 0 aliphatic heterocycles. The Kier molecular flexibility index (Phi) is 73.7. The second kappa shape index (κ2) is 29.4. The van der Waals surface area contributed by atoms with E-state index in [1.54, 1.807) is 0 Å². The first kappa shape index (κ1) is 37.6. The first-order valence-electron chi connectivity index (χ1n) is 2.64. The number of rotatable bonds is 2. The molecule has 0 amide bonds. The van der Waals surface area contributed by atoms with Gasteiger partial charge in [0.15, 0.2) is 0 Å². The lowest BCUT2D eigenvalue weighted by atomic mass is 10.7. The van der Waals surface area contributed by atoms with E-state index in [2.05, 4.69) is 17.9 Å². The Morgan fingerprint density at radius 3 is 1.33 bits per heavy atom. The molecule has 0 aliphatic carbocycles. The molecule has 0 bridgehead atoms. The molecule has 0 aliphatic rings. The van der Waals surface area contributed by atoms with Gasteiger partial charge in [-0.25, -0.2) is 9.59 Å². The normalized spacial score (nSPS) is 4.87. The van der Waals surface area contributed by atoms with Crippen LogP contribution in [0.5, 0.6) is 0 Å². The summed E-state index contributed by atoms with van der Waals surface area (Å²) in [5, 5.41) is 7.60. The summed E-state index contributed by atoms with van der Waals surface area (Å²) < 4.78 is 4.14. The SMILES string of the molecule is C.C.C.C.C=CC(=O)O.C=CC(=O)OC. The number of esters is 1. The minimum absolute atomic E-state index is 0. The fraction of sp³-hybridized carbons (Fsp3) is 0.455. The largest absolute Gasteiger partial charge is 0.478 e. The number of ether oxygens (including phenoxy) is 1. The average Bonchev–Trinajstić information content (AvgIpc) is 2.04. The van der Waals surface area contributed by atoms with Gasteiger partial charge in [-0.3, -0.25) is 0 Å². The number of hydrogen-bond donors (Lipinski definition) is 1. The molecule has 0 atom stereocenters. The third-order valence-electron chi connectivity index (χ3n) is 0.542. The van der Waals surface area contributed by atoms with Gasteiger partial charge >= 0.3 is 11.9 Å². The van der Waals surface area contributed by atoms with Gasteiger partial charge in [0, 0.05) is 12.2 Å². The van der Waals surface area contributed by atoms with Gasteiger partial charge in [0.25, 0.3) is 0 Å². The van der Waals surface area contributed by atoms with Crippen LogP contribution >= 0.6 is 0 Å². The summed E-state index contributed by atoms with van der Waals surface area (Å²) in [5.74, 6) is -1.37. The van der Waals surface area contributed by atoms with Crippen molar-refractivity contribution in [1.29, 1.82) is 0 Å². The van der Waals surface area contributed by atoms with Crippen LogP contribution in [0.15, 0.2) is 25.3 Å². The molecule has 0 saturated carbocycles. The van der Waals surface area contributed by atoms with Crippen molar-refractivity contribution in [3.05, 3.63) is 25.3 Å². The highest BCUT2D eigenvalue weighted by molar-refractivity contribution is 5.80. The van der Waals surface area contributed by atoms with Crippen LogP contribution in [-0.2, 0) is 14.3 Å². The van der Waals surface area contributed by atoms with E-state index in [0.717, 1.165) is 12.2 Å². The molecule has 0 aromatic rings. The highest BCUT2D eigenvalue weighted by atomic mass is 16.5. The van der Waals surface area contributed by atoms with E-state index in [4.69, 9.17) is 5.11 Å². The maximum Gasteiger partial charge on any atom is 0.329 e. The van der Waals surface area contributed by atoms with E-state index >= 15 is 0 Å². The zero-order valence-electron chi connectivity index (χ0n) is 6.24. The summed E-state index contributed by atoms with van der Waals surface area (Å²) in [7, 11) is 1.31. The molecule has 0 unspecified atom stereocenters. The third kappa shape index (κ3) is 69.0. The Hall–Kier alpha value is -1.58. The molecule has 0 radical (unpaired) electrons. The standard InChI is InChI=1S/C4H6O2.C3H4O2.4CH4/c1-3-4(5)6-2;1-2-3(4)5;;;;/h3H,1H2,2H3;2H,1H2,(H,4,5);4*1H4. The van der Waals surface area contributed by atoms with E-state index in [9.17, 15) is 9.59 Å². The summed E-state index contributed by atoms with van der Waals surface area (Å²) in [5.41, 5.74) is 0. The third-order valence-corrected chi connectivity index (χ3v) is 0.542. The molecule has 0 rings (SSSR count). The van der Waals surface area contributed by atoms with Gasteiger partial charge in [-0.2, -0.15) is 0 Å². The molecule has 0 spiro atoms. The molecule has 4 heteroatoms. The quantitative estimate of drug-likeness (QED) is 0.576. The van der Waals surface area contributed by atoms with Crippen molar-refractivity contribution in [3.8, 4) is 0 Å². The molecular weight excluding hydrogens is 196 g/mol. The maximum atomic E-state index is 9.84. The van der Waals surface area contributed by atoms with E-state index < -0.39 is 11.9 Å². The van der Waals surface area contributed by atoms with Crippen molar-refractivity contribution in [1.82, 2.24) is 0 Å². The van der Waals surface area contributed by atoms with Crippen molar-refractivity contribution < 1.29 is 19.4 Å². The number of carboxylic acids is 1. The molecule has 15 heavy (non-hydrogen) atoms. The monoisotopic (exact) mass is 222 g/mol. The van der Waals surface area contributed by atoms with E-state index in [1.807, 2.05) is 0 Å². The van der Waals surface area contributed by atoms with E-state index in [1.165, 1.54) is 7.11 Å². The van der Waals surface area contributed by atoms with Crippen molar-refractivity contribution in [2.24, 2.45) is 0 Å². The minimum atomic E-state index is -0.981. The lowest BCUT2D eigenvalue weighted by molar-refractivity contribution is -0.135. The predicted molar refractivity (Wildman–Crippen MR) is 67.0 cm³/mol. The summed E-state index contributed by atoms with van der Waals surface area (Å²) in [6, 6.07) is 0. The Balaban J connectivity index is -0.0000000215. The highest BCUT2D eigenvalue weighted by Crippen LogP contribution is 1.67. The molecule has 0 heterocycles. The Labute approximate surface area is 94.3 Å². The topological polar surface area (TPSA) is 63.6 Å². The highest BCUT2D eigenvalue weighted by Gasteiger charge is 1.81. The van der Waals surface area contributed by atoms with Crippen molar-refractivity contribution in [2.45, 2.75) is 29.7 Å². The van der Waals surface area contributed by atoms with Crippen LogP contribution in [0.4, 0.5) is 0 Å². The molecule has 0 aromatic heterocycles. The number of carbonyl (C=O) groups is 2. The Morgan fingerprint density at radius 2 is 1.33 bits per heavy atom. The van der Waals surface area contributed by atoms with Gasteiger partial charge in [-0.05, 0) is 0 Å². The number of aliphatic carboxylic acids is 1. The zero-order chi connectivity index (χ0) is 9.28.